The number of hydrogen-bond acceptors (Lipinski definition) is 2. The van der Waals surface area contributed by atoms with Gasteiger partial charge in [0, 0.05) is 30.6 Å². The lowest BCUT2D eigenvalue weighted by Crippen LogP contribution is -1.98. The second-order valence-corrected chi connectivity index (χ2v) is 7.61. The van der Waals surface area contributed by atoms with Gasteiger partial charge in [-0.05, 0) is 59.4 Å². The number of aliphatic carboxylic acids is 1. The molecule has 30 heavy (non-hydrogen) atoms. The molecule has 3 aromatic carbocycles. The molecule has 4 heteroatoms. The summed E-state index contributed by atoms with van der Waals surface area (Å²) < 4.78 is 8.14. The van der Waals surface area contributed by atoms with Gasteiger partial charge in [-0.25, -0.2) is 0 Å². The molecule has 0 aliphatic carbocycles. The normalized spacial score (nSPS) is 11.0. The maximum atomic E-state index is 10.7. The fourth-order valence-electron chi connectivity index (χ4n) is 3.74. The first kappa shape index (κ1) is 19.8. The summed E-state index contributed by atoms with van der Waals surface area (Å²) in [5.74, 6) is 0.00464. The van der Waals surface area contributed by atoms with Crippen LogP contribution in [0.3, 0.4) is 0 Å². The zero-order valence-electron chi connectivity index (χ0n) is 17.0. The Morgan fingerprint density at radius 1 is 0.933 bits per heavy atom. The van der Waals surface area contributed by atoms with E-state index in [9.17, 15) is 4.79 Å². The van der Waals surface area contributed by atoms with Gasteiger partial charge in [-0.2, -0.15) is 0 Å². The smallest absolute Gasteiger partial charge is 0.303 e. The summed E-state index contributed by atoms with van der Waals surface area (Å²) in [6.07, 6.45) is 3.78. The predicted octanol–water partition coefficient (Wildman–Crippen LogP) is 5.37. The zero-order chi connectivity index (χ0) is 20.9. The first-order valence-corrected chi connectivity index (χ1v) is 10.1. The Morgan fingerprint density at radius 2 is 1.67 bits per heavy atom. The molecule has 0 aliphatic heterocycles. The van der Waals surface area contributed by atoms with Gasteiger partial charge in [0.05, 0.1) is 0 Å². The monoisotopic (exact) mass is 399 g/mol. The number of aryl methyl sites for hydroxylation is 2. The summed E-state index contributed by atoms with van der Waals surface area (Å²) in [4.78, 5) is 10.7. The van der Waals surface area contributed by atoms with Crippen LogP contribution in [-0.2, 0) is 31.3 Å². The standard InChI is InChI=1S/C26H25NO3/c1-27-17-22(15-20-5-3-2-4-6-20)24-16-21(9-13-25(24)27)18-30-23-11-7-19(8-12-23)10-14-26(28)29/h2-9,11-13,16-17H,10,14-15,18H2,1H3,(H,28,29). The van der Waals surface area contributed by atoms with E-state index in [2.05, 4.69) is 60.3 Å². The van der Waals surface area contributed by atoms with Crippen molar-refractivity contribution in [2.75, 3.05) is 0 Å². The van der Waals surface area contributed by atoms with Crippen molar-refractivity contribution in [3.8, 4) is 5.75 Å². The molecule has 0 unspecified atom stereocenters. The lowest BCUT2D eigenvalue weighted by atomic mass is 10.0. The predicted molar refractivity (Wildman–Crippen MR) is 119 cm³/mol. The molecule has 0 radical (unpaired) electrons. The third kappa shape index (κ3) is 4.71. The van der Waals surface area contributed by atoms with Gasteiger partial charge >= 0.3 is 5.97 Å². The Bertz CT molecular complexity index is 1140. The third-order valence-electron chi connectivity index (χ3n) is 5.33. The molecule has 0 saturated heterocycles. The largest absolute Gasteiger partial charge is 0.489 e. The lowest BCUT2D eigenvalue weighted by Gasteiger charge is -2.08. The SMILES string of the molecule is Cn1cc(Cc2ccccc2)c2cc(COc3ccc(CCC(=O)O)cc3)ccc21. The number of fused-ring (bicyclic) bond motifs is 1. The van der Waals surface area contributed by atoms with Crippen LogP contribution in [0.15, 0.2) is 79.0 Å². The molecular formula is C26H25NO3. The molecule has 4 nitrogen and oxygen atoms in total. The highest BCUT2D eigenvalue weighted by Gasteiger charge is 2.09. The number of aromatic nitrogens is 1. The first-order chi connectivity index (χ1) is 14.6. The van der Waals surface area contributed by atoms with Gasteiger partial charge in [0.1, 0.15) is 12.4 Å². The minimum atomic E-state index is -0.779. The van der Waals surface area contributed by atoms with Gasteiger partial charge < -0.3 is 14.4 Å². The summed E-state index contributed by atoms with van der Waals surface area (Å²) in [7, 11) is 2.08. The van der Waals surface area contributed by atoms with Crippen molar-refractivity contribution in [1.82, 2.24) is 4.57 Å². The average molecular weight is 399 g/mol. The second kappa shape index (κ2) is 8.87. The molecule has 0 amide bonds. The van der Waals surface area contributed by atoms with Crippen LogP contribution < -0.4 is 4.74 Å². The van der Waals surface area contributed by atoms with Gasteiger partial charge in [-0.3, -0.25) is 4.79 Å². The number of carbonyl (C=O) groups is 1. The molecule has 1 N–H and O–H groups in total. The van der Waals surface area contributed by atoms with E-state index < -0.39 is 5.97 Å². The average Bonchev–Trinajstić information content (AvgIpc) is 3.07. The highest BCUT2D eigenvalue weighted by atomic mass is 16.5. The van der Waals surface area contributed by atoms with E-state index in [-0.39, 0.29) is 6.42 Å². The van der Waals surface area contributed by atoms with Crippen molar-refractivity contribution >= 4 is 16.9 Å². The number of hydrogen-bond donors (Lipinski definition) is 1. The number of benzene rings is 3. The van der Waals surface area contributed by atoms with Crippen molar-refractivity contribution in [1.29, 1.82) is 0 Å². The van der Waals surface area contributed by atoms with Gasteiger partial charge in [0.2, 0.25) is 0 Å². The van der Waals surface area contributed by atoms with E-state index in [1.807, 2.05) is 30.3 Å². The lowest BCUT2D eigenvalue weighted by molar-refractivity contribution is -0.136. The summed E-state index contributed by atoms with van der Waals surface area (Å²) in [6, 6.07) is 24.6. The minimum Gasteiger partial charge on any atom is -0.489 e. The molecule has 0 bridgehead atoms. The fourth-order valence-corrected chi connectivity index (χ4v) is 3.74. The van der Waals surface area contributed by atoms with Gasteiger partial charge in [0.15, 0.2) is 0 Å². The van der Waals surface area contributed by atoms with Crippen LogP contribution in [0.2, 0.25) is 0 Å². The first-order valence-electron chi connectivity index (χ1n) is 10.1. The molecule has 1 heterocycles. The molecular weight excluding hydrogens is 374 g/mol. The number of ether oxygens (including phenoxy) is 1. The third-order valence-corrected chi connectivity index (χ3v) is 5.33. The Morgan fingerprint density at radius 3 is 2.40 bits per heavy atom. The van der Waals surface area contributed by atoms with Crippen molar-refractivity contribution in [2.24, 2.45) is 7.05 Å². The Hall–Kier alpha value is -3.53. The maximum absolute atomic E-state index is 10.7. The van der Waals surface area contributed by atoms with E-state index in [0.29, 0.717) is 13.0 Å². The summed E-state index contributed by atoms with van der Waals surface area (Å²) >= 11 is 0. The highest BCUT2D eigenvalue weighted by molar-refractivity contribution is 5.85. The van der Waals surface area contributed by atoms with E-state index in [1.165, 1.54) is 22.0 Å². The van der Waals surface area contributed by atoms with Crippen LogP contribution in [0, 0.1) is 0 Å². The Kier molecular flexibility index (Phi) is 5.84. The number of rotatable bonds is 8. The molecule has 0 aliphatic rings. The summed E-state index contributed by atoms with van der Waals surface area (Å²) in [5, 5.41) is 10.0. The van der Waals surface area contributed by atoms with Gasteiger partial charge in [0.25, 0.3) is 0 Å². The maximum Gasteiger partial charge on any atom is 0.303 e. The molecule has 4 aromatic rings. The van der Waals surface area contributed by atoms with E-state index in [4.69, 9.17) is 9.84 Å². The molecule has 0 fully saturated rings. The van der Waals surface area contributed by atoms with Crippen LogP contribution >= 0.6 is 0 Å². The zero-order valence-corrected chi connectivity index (χ0v) is 17.0. The minimum absolute atomic E-state index is 0.141. The van der Waals surface area contributed by atoms with Crippen LogP contribution in [0.25, 0.3) is 10.9 Å². The van der Waals surface area contributed by atoms with Crippen LogP contribution in [0.4, 0.5) is 0 Å². The summed E-state index contributed by atoms with van der Waals surface area (Å²) in [6.45, 7) is 0.490. The van der Waals surface area contributed by atoms with Crippen molar-refractivity contribution in [3.05, 3.63) is 101 Å². The number of carboxylic acid groups (broad SMARTS) is 1. The second-order valence-electron chi connectivity index (χ2n) is 7.61. The van der Waals surface area contributed by atoms with Gasteiger partial charge in [-0.1, -0.05) is 48.5 Å². The quantitative estimate of drug-likeness (QED) is 0.434. The van der Waals surface area contributed by atoms with Crippen LogP contribution in [-0.4, -0.2) is 15.6 Å². The molecule has 0 spiro atoms. The van der Waals surface area contributed by atoms with E-state index >= 15 is 0 Å². The topological polar surface area (TPSA) is 51.5 Å². The Labute approximate surface area is 176 Å². The van der Waals surface area contributed by atoms with Crippen molar-refractivity contribution in [2.45, 2.75) is 25.9 Å². The molecule has 0 saturated carbocycles. The molecule has 152 valence electrons. The van der Waals surface area contributed by atoms with E-state index in [1.54, 1.807) is 0 Å². The van der Waals surface area contributed by atoms with Crippen molar-refractivity contribution in [3.63, 3.8) is 0 Å². The van der Waals surface area contributed by atoms with Crippen molar-refractivity contribution < 1.29 is 14.6 Å². The highest BCUT2D eigenvalue weighted by Crippen LogP contribution is 2.25. The number of carboxylic acids is 1. The number of nitrogens with zero attached hydrogens (tertiary/aromatic N) is 1. The Balaban J connectivity index is 1.47. The molecule has 0 atom stereocenters. The van der Waals surface area contributed by atoms with Crippen LogP contribution in [0.1, 0.15) is 28.7 Å². The van der Waals surface area contributed by atoms with Gasteiger partial charge in [-0.15, -0.1) is 0 Å². The summed E-state index contributed by atoms with van der Waals surface area (Å²) in [5.41, 5.74) is 5.95. The fraction of sp³-hybridized carbons (Fsp3) is 0.192. The molecule has 1 aromatic heterocycles. The van der Waals surface area contributed by atoms with E-state index in [0.717, 1.165) is 23.3 Å². The molecule has 4 rings (SSSR count). The van der Waals surface area contributed by atoms with Crippen LogP contribution in [0.5, 0.6) is 5.75 Å².